The van der Waals surface area contributed by atoms with Gasteiger partial charge in [0.05, 0.1) is 24.5 Å². The lowest BCUT2D eigenvalue weighted by molar-refractivity contribution is -0.134. The summed E-state index contributed by atoms with van der Waals surface area (Å²) < 4.78 is 23.1. The van der Waals surface area contributed by atoms with Gasteiger partial charge < -0.3 is 13.7 Å². The fraction of sp³-hybridized carbons (Fsp3) is 0.278. The molecule has 2 aromatic heterocycles. The Morgan fingerprint density at radius 2 is 1.70 bits per heavy atom. The number of nitrogens with one attached hydrogen (secondary N) is 2. The first-order chi connectivity index (χ1) is 13.2. The van der Waals surface area contributed by atoms with Crippen LogP contribution in [-0.2, 0) is 17.9 Å². The van der Waals surface area contributed by atoms with Crippen LogP contribution in [0.3, 0.4) is 0 Å². The van der Waals surface area contributed by atoms with E-state index in [0.29, 0.717) is 30.9 Å². The number of aromatic nitrogens is 2. The highest BCUT2D eigenvalue weighted by Gasteiger charge is 2.33. The second-order valence-electron chi connectivity index (χ2n) is 6.33. The summed E-state index contributed by atoms with van der Waals surface area (Å²) in [5.41, 5.74) is 8.35. The number of benzene rings is 1. The summed E-state index contributed by atoms with van der Waals surface area (Å²) in [6, 6.07) is 5.73. The van der Waals surface area contributed by atoms with Crippen molar-refractivity contribution < 1.29 is 18.0 Å². The van der Waals surface area contributed by atoms with E-state index in [9.17, 15) is 9.18 Å². The number of halogens is 1. The predicted octanol–water partition coefficient (Wildman–Crippen LogP) is 1.94. The Balaban J connectivity index is 1.46. The molecule has 0 aliphatic carbocycles. The Kier molecular flexibility index (Phi) is 4.95. The minimum atomic E-state index is -0.432. The fourth-order valence-corrected chi connectivity index (χ4v) is 3.09. The Labute approximate surface area is 154 Å². The number of amides is 1. The molecule has 2 unspecified atom stereocenters. The van der Waals surface area contributed by atoms with E-state index in [1.54, 1.807) is 17.0 Å². The molecule has 1 fully saturated rings. The molecule has 3 aromatic rings. The second kappa shape index (κ2) is 7.68. The molecule has 0 bridgehead atoms. The van der Waals surface area contributed by atoms with Crippen LogP contribution in [0, 0.1) is 5.82 Å². The summed E-state index contributed by atoms with van der Waals surface area (Å²) >= 11 is 0. The number of hydrogen-bond donors (Lipinski definition) is 2. The average molecular weight is 371 g/mol. The molecule has 9 heteroatoms. The quantitative estimate of drug-likeness (QED) is 0.683. The zero-order valence-corrected chi connectivity index (χ0v) is 14.3. The van der Waals surface area contributed by atoms with Crippen molar-refractivity contribution >= 4 is 5.91 Å². The van der Waals surface area contributed by atoms with Gasteiger partial charge in [-0.1, -0.05) is 12.1 Å². The number of nitrogens with zero attached hydrogens (tertiary/aromatic N) is 3. The van der Waals surface area contributed by atoms with Crippen LogP contribution in [0.15, 0.2) is 58.4 Å². The highest BCUT2D eigenvalue weighted by atomic mass is 19.1. The van der Waals surface area contributed by atoms with Crippen molar-refractivity contribution in [3.63, 3.8) is 0 Å². The Morgan fingerprint density at radius 1 is 1.07 bits per heavy atom. The van der Waals surface area contributed by atoms with Crippen molar-refractivity contribution in [3.05, 3.63) is 72.3 Å². The lowest BCUT2D eigenvalue weighted by Gasteiger charge is -2.23. The van der Waals surface area contributed by atoms with Crippen molar-refractivity contribution in [1.29, 1.82) is 0 Å². The maximum atomic E-state index is 13.1. The number of carbonyl (C=O) groups excluding carboxylic acids is 1. The van der Waals surface area contributed by atoms with Crippen molar-refractivity contribution in [2.45, 2.75) is 31.6 Å². The second-order valence-corrected chi connectivity index (χ2v) is 6.33. The van der Waals surface area contributed by atoms with Crippen LogP contribution in [-0.4, -0.2) is 26.8 Å². The normalized spacial score (nSPS) is 19.3. The molecule has 1 aliphatic heterocycles. The first-order valence-electron chi connectivity index (χ1n) is 8.48. The number of oxazole rings is 2. The lowest BCUT2D eigenvalue weighted by Crippen LogP contribution is -2.45. The van der Waals surface area contributed by atoms with E-state index in [1.807, 2.05) is 0 Å². The van der Waals surface area contributed by atoms with Gasteiger partial charge in [-0.25, -0.2) is 25.2 Å². The standard InChI is InChI=1S/C18H18FN5O3/c19-13-3-1-12(2-4-13)16-5-17(23-22-16)18(25)24(6-14-8-26-10-20-14)7-15-9-27-11-21-15/h1-4,8-11,16-17,22-23H,5-7H2. The van der Waals surface area contributed by atoms with Crippen LogP contribution in [0.5, 0.6) is 0 Å². The van der Waals surface area contributed by atoms with Gasteiger partial charge in [0.15, 0.2) is 12.8 Å². The lowest BCUT2D eigenvalue weighted by atomic mass is 10.0. The zero-order chi connectivity index (χ0) is 18.6. The Hall–Kier alpha value is -3.04. The molecule has 140 valence electrons. The topological polar surface area (TPSA) is 96.4 Å². The SMILES string of the molecule is O=C(C1CC(c2ccc(F)cc2)NN1)N(Cc1cocn1)Cc1cocn1. The summed E-state index contributed by atoms with van der Waals surface area (Å²) in [4.78, 5) is 22.9. The van der Waals surface area contributed by atoms with Gasteiger partial charge in [0.2, 0.25) is 5.91 Å². The summed E-state index contributed by atoms with van der Waals surface area (Å²) in [7, 11) is 0. The minimum absolute atomic E-state index is 0.0829. The van der Waals surface area contributed by atoms with Crippen molar-refractivity contribution in [1.82, 2.24) is 25.7 Å². The third-order valence-corrected chi connectivity index (χ3v) is 4.46. The zero-order valence-electron chi connectivity index (χ0n) is 14.3. The molecular formula is C18H18FN5O3. The summed E-state index contributed by atoms with van der Waals surface area (Å²) in [6.45, 7) is 0.586. The number of hydrogen-bond acceptors (Lipinski definition) is 7. The molecule has 1 amide bonds. The minimum Gasteiger partial charge on any atom is -0.451 e. The van der Waals surface area contributed by atoms with Gasteiger partial charge in [-0.2, -0.15) is 0 Å². The molecule has 1 aromatic carbocycles. The molecule has 2 N–H and O–H groups in total. The smallest absolute Gasteiger partial charge is 0.241 e. The molecule has 27 heavy (non-hydrogen) atoms. The van der Waals surface area contributed by atoms with E-state index >= 15 is 0 Å². The van der Waals surface area contributed by atoms with Crippen molar-refractivity contribution in [2.24, 2.45) is 0 Å². The van der Waals surface area contributed by atoms with Gasteiger partial charge in [-0.3, -0.25) is 4.79 Å². The summed E-state index contributed by atoms with van der Waals surface area (Å²) in [5, 5.41) is 0. The number of rotatable bonds is 6. The first-order valence-corrected chi connectivity index (χ1v) is 8.48. The molecule has 8 nitrogen and oxygen atoms in total. The third kappa shape index (κ3) is 4.04. The molecular weight excluding hydrogens is 353 g/mol. The average Bonchev–Trinajstić information content (AvgIpc) is 3.44. The Bertz CT molecular complexity index is 831. The van der Waals surface area contributed by atoms with Crippen LogP contribution in [0.2, 0.25) is 0 Å². The molecule has 2 atom stereocenters. The van der Waals surface area contributed by atoms with E-state index in [0.717, 1.165) is 5.56 Å². The molecule has 1 aliphatic rings. The van der Waals surface area contributed by atoms with Crippen molar-refractivity contribution in [3.8, 4) is 0 Å². The molecule has 1 saturated heterocycles. The monoisotopic (exact) mass is 371 g/mol. The van der Waals surface area contributed by atoms with Gasteiger partial charge in [0.25, 0.3) is 0 Å². The highest BCUT2D eigenvalue weighted by Crippen LogP contribution is 2.24. The number of hydrazine groups is 1. The first kappa shape index (κ1) is 17.4. The molecule has 4 rings (SSSR count). The van der Waals surface area contributed by atoms with Crippen molar-refractivity contribution in [2.75, 3.05) is 0 Å². The van der Waals surface area contributed by atoms with Crippen LogP contribution < -0.4 is 10.9 Å². The highest BCUT2D eigenvalue weighted by molar-refractivity contribution is 5.82. The van der Waals surface area contributed by atoms with Gasteiger partial charge in [0.1, 0.15) is 24.4 Å². The van der Waals surface area contributed by atoms with Crippen LogP contribution in [0.25, 0.3) is 0 Å². The largest absolute Gasteiger partial charge is 0.451 e. The maximum absolute atomic E-state index is 13.1. The summed E-state index contributed by atoms with van der Waals surface area (Å²) in [6.07, 6.45) is 6.20. The van der Waals surface area contributed by atoms with Gasteiger partial charge in [-0.15, -0.1) is 0 Å². The van der Waals surface area contributed by atoms with E-state index in [4.69, 9.17) is 8.83 Å². The maximum Gasteiger partial charge on any atom is 0.241 e. The van der Waals surface area contributed by atoms with Gasteiger partial charge >= 0.3 is 0 Å². The van der Waals surface area contributed by atoms with Crippen LogP contribution in [0.4, 0.5) is 4.39 Å². The predicted molar refractivity (Wildman–Crippen MR) is 91.1 cm³/mol. The van der Waals surface area contributed by atoms with E-state index < -0.39 is 6.04 Å². The van der Waals surface area contributed by atoms with E-state index in [2.05, 4.69) is 20.8 Å². The summed E-state index contributed by atoms with van der Waals surface area (Å²) in [5.74, 6) is -0.387. The van der Waals surface area contributed by atoms with Gasteiger partial charge in [0, 0.05) is 6.04 Å². The van der Waals surface area contributed by atoms with Crippen LogP contribution in [0.1, 0.15) is 29.4 Å². The molecule has 3 heterocycles. The van der Waals surface area contributed by atoms with E-state index in [-0.39, 0.29) is 17.8 Å². The third-order valence-electron chi connectivity index (χ3n) is 4.46. The van der Waals surface area contributed by atoms with E-state index in [1.165, 1.54) is 37.4 Å². The Morgan fingerprint density at radius 3 is 2.26 bits per heavy atom. The number of carbonyl (C=O) groups is 1. The molecule has 0 saturated carbocycles. The molecule has 0 spiro atoms. The van der Waals surface area contributed by atoms with Gasteiger partial charge in [-0.05, 0) is 24.1 Å². The molecule has 0 radical (unpaired) electrons. The fourth-order valence-electron chi connectivity index (χ4n) is 3.09. The van der Waals surface area contributed by atoms with Crippen LogP contribution >= 0.6 is 0 Å².